The first-order valence-corrected chi connectivity index (χ1v) is 9.15. The van der Waals surface area contributed by atoms with Gasteiger partial charge in [-0.1, -0.05) is 41.9 Å². The molecule has 128 valence electrons. The third kappa shape index (κ3) is 4.88. The fraction of sp³-hybridized carbons (Fsp3) is 0.353. The number of methoxy groups -OCH3 is 1. The third-order valence-electron chi connectivity index (χ3n) is 3.40. The number of carbonyl (C=O) groups excluding carboxylic acids is 2. The van der Waals surface area contributed by atoms with E-state index in [-0.39, 0.29) is 18.2 Å². The van der Waals surface area contributed by atoms with Crippen LogP contribution in [0.4, 0.5) is 0 Å². The van der Waals surface area contributed by atoms with E-state index in [1.165, 1.54) is 18.4 Å². The van der Waals surface area contributed by atoms with Crippen molar-refractivity contribution < 1.29 is 14.3 Å². The van der Waals surface area contributed by atoms with E-state index < -0.39 is 12.0 Å². The lowest BCUT2D eigenvalue weighted by molar-refractivity contribution is -0.146. The van der Waals surface area contributed by atoms with Crippen molar-refractivity contribution in [2.45, 2.75) is 26.3 Å². The van der Waals surface area contributed by atoms with Crippen LogP contribution in [0.3, 0.4) is 0 Å². The summed E-state index contributed by atoms with van der Waals surface area (Å²) in [7, 11) is 1.31. The van der Waals surface area contributed by atoms with Gasteiger partial charge in [-0.3, -0.25) is 4.79 Å². The lowest BCUT2D eigenvalue weighted by Crippen LogP contribution is -2.45. The summed E-state index contributed by atoms with van der Waals surface area (Å²) in [5, 5.41) is 5.43. The number of nitrogens with zero attached hydrogens (tertiary/aromatic N) is 1. The van der Waals surface area contributed by atoms with Gasteiger partial charge in [0.2, 0.25) is 5.91 Å². The molecule has 0 aliphatic heterocycles. The van der Waals surface area contributed by atoms with Gasteiger partial charge in [0.15, 0.2) is 0 Å². The van der Waals surface area contributed by atoms with Crippen molar-refractivity contribution in [2.75, 3.05) is 7.11 Å². The highest BCUT2D eigenvalue weighted by Crippen LogP contribution is 2.26. The topological polar surface area (TPSA) is 68.3 Å². The van der Waals surface area contributed by atoms with Crippen molar-refractivity contribution in [1.82, 2.24) is 10.3 Å². The Hall–Kier alpha value is -1.73. The van der Waals surface area contributed by atoms with E-state index in [4.69, 9.17) is 4.74 Å². The van der Waals surface area contributed by atoms with E-state index in [1.54, 1.807) is 0 Å². The third-order valence-corrected chi connectivity index (χ3v) is 4.84. The van der Waals surface area contributed by atoms with Crippen LogP contribution in [-0.2, 0) is 20.7 Å². The van der Waals surface area contributed by atoms with E-state index in [0.717, 1.165) is 15.0 Å². The van der Waals surface area contributed by atoms with Crippen LogP contribution in [0.5, 0.6) is 0 Å². The fourth-order valence-electron chi connectivity index (χ4n) is 2.16. The molecule has 0 aliphatic rings. The second-order valence-corrected chi connectivity index (χ2v) is 7.42. The molecule has 0 saturated carbocycles. The molecule has 2 rings (SSSR count). The zero-order chi connectivity index (χ0) is 17.7. The molecule has 0 spiro atoms. The zero-order valence-electron chi connectivity index (χ0n) is 13.7. The minimum absolute atomic E-state index is 0.0472. The fourth-order valence-corrected chi connectivity index (χ4v) is 3.37. The highest BCUT2D eigenvalue weighted by molar-refractivity contribution is 9.10. The first kappa shape index (κ1) is 18.6. The Balaban J connectivity index is 2.03. The lowest BCUT2D eigenvalue weighted by Gasteiger charge is -2.19. The molecule has 5 nitrogen and oxygen atoms in total. The number of aromatic nitrogens is 1. The van der Waals surface area contributed by atoms with Crippen LogP contribution < -0.4 is 5.32 Å². The van der Waals surface area contributed by atoms with Gasteiger partial charge < -0.3 is 10.1 Å². The van der Waals surface area contributed by atoms with Gasteiger partial charge in [-0.2, -0.15) is 0 Å². The van der Waals surface area contributed by atoms with Gasteiger partial charge in [0, 0.05) is 15.4 Å². The van der Waals surface area contributed by atoms with Crippen molar-refractivity contribution >= 4 is 39.1 Å². The molecule has 1 atom stereocenters. The number of esters is 1. The summed E-state index contributed by atoms with van der Waals surface area (Å²) >= 11 is 4.92. The van der Waals surface area contributed by atoms with Crippen LogP contribution in [0, 0.1) is 5.92 Å². The smallest absolute Gasteiger partial charge is 0.328 e. The Bertz CT molecular complexity index is 730. The maximum absolute atomic E-state index is 12.2. The molecule has 1 unspecified atom stereocenters. The summed E-state index contributed by atoms with van der Waals surface area (Å²) < 4.78 is 5.71. The van der Waals surface area contributed by atoms with Gasteiger partial charge in [-0.05, 0) is 18.1 Å². The summed E-state index contributed by atoms with van der Waals surface area (Å²) in [5.74, 6) is -0.731. The Kier molecular flexibility index (Phi) is 6.51. The number of nitrogens with one attached hydrogen (secondary N) is 1. The maximum atomic E-state index is 12.2. The maximum Gasteiger partial charge on any atom is 0.328 e. The van der Waals surface area contributed by atoms with Crippen LogP contribution in [0.15, 0.2) is 34.1 Å². The second-order valence-electron chi connectivity index (χ2n) is 5.64. The van der Waals surface area contributed by atoms with Crippen LogP contribution >= 0.6 is 27.3 Å². The van der Waals surface area contributed by atoms with E-state index in [0.29, 0.717) is 5.69 Å². The minimum atomic E-state index is -0.648. The molecule has 7 heteroatoms. The van der Waals surface area contributed by atoms with Gasteiger partial charge in [0.25, 0.3) is 0 Å². The number of carbonyl (C=O) groups is 2. The Morgan fingerprint density at radius 1 is 1.38 bits per heavy atom. The molecule has 0 fully saturated rings. The van der Waals surface area contributed by atoms with Gasteiger partial charge in [0.1, 0.15) is 11.0 Å². The Labute approximate surface area is 153 Å². The molecular weight excluding hydrogens is 392 g/mol. The molecule has 1 aromatic carbocycles. The second kappa shape index (κ2) is 8.39. The number of amides is 1. The molecule has 1 amide bonds. The molecule has 0 saturated heterocycles. The lowest BCUT2D eigenvalue weighted by atomic mass is 10.0. The van der Waals surface area contributed by atoms with Gasteiger partial charge in [0.05, 0.1) is 19.2 Å². The van der Waals surface area contributed by atoms with Crippen LogP contribution in [0.25, 0.3) is 10.6 Å². The van der Waals surface area contributed by atoms with Crippen molar-refractivity contribution in [1.29, 1.82) is 0 Å². The number of halogens is 1. The first-order valence-electron chi connectivity index (χ1n) is 7.48. The van der Waals surface area contributed by atoms with Crippen LogP contribution in [-0.4, -0.2) is 30.0 Å². The van der Waals surface area contributed by atoms with E-state index >= 15 is 0 Å². The van der Waals surface area contributed by atoms with E-state index in [1.807, 2.05) is 43.5 Å². The summed E-state index contributed by atoms with van der Waals surface area (Å²) in [4.78, 5) is 28.4. The molecule has 0 aliphatic carbocycles. The number of hydrogen-bond acceptors (Lipinski definition) is 5. The Morgan fingerprint density at radius 3 is 2.75 bits per heavy atom. The number of ether oxygens (including phenoxy) is 1. The standard InChI is InChI=1S/C17H19BrN2O3S/c1-10(2)15(17(22)23-3)20-14(21)8-13-9-24-16(19-13)11-5-4-6-12(18)7-11/h4-7,9-10,15H,8H2,1-3H3,(H,20,21). The molecule has 1 heterocycles. The summed E-state index contributed by atoms with van der Waals surface area (Å²) in [6, 6.07) is 7.20. The normalized spacial score (nSPS) is 12.0. The van der Waals surface area contributed by atoms with Crippen molar-refractivity contribution in [3.8, 4) is 10.6 Å². The Morgan fingerprint density at radius 2 is 2.12 bits per heavy atom. The molecule has 1 N–H and O–H groups in total. The van der Waals surface area contributed by atoms with Crippen molar-refractivity contribution in [3.05, 3.63) is 39.8 Å². The summed E-state index contributed by atoms with van der Waals surface area (Å²) in [6.45, 7) is 3.71. The molecule has 1 aromatic heterocycles. The summed E-state index contributed by atoms with van der Waals surface area (Å²) in [6.07, 6.45) is 0.130. The highest BCUT2D eigenvalue weighted by atomic mass is 79.9. The average molecular weight is 411 g/mol. The SMILES string of the molecule is COC(=O)C(NC(=O)Cc1csc(-c2cccc(Br)c2)n1)C(C)C. The number of hydrogen-bond donors (Lipinski definition) is 1. The predicted molar refractivity (Wildman–Crippen MR) is 97.7 cm³/mol. The monoisotopic (exact) mass is 410 g/mol. The molecule has 2 aromatic rings. The van der Waals surface area contributed by atoms with Crippen molar-refractivity contribution in [2.24, 2.45) is 5.92 Å². The first-order chi connectivity index (χ1) is 11.4. The molecular formula is C17H19BrN2O3S. The van der Waals surface area contributed by atoms with E-state index in [9.17, 15) is 9.59 Å². The van der Waals surface area contributed by atoms with Gasteiger partial charge in [-0.25, -0.2) is 9.78 Å². The zero-order valence-corrected chi connectivity index (χ0v) is 16.1. The quantitative estimate of drug-likeness (QED) is 0.740. The van der Waals surface area contributed by atoms with Gasteiger partial charge in [-0.15, -0.1) is 11.3 Å². The largest absolute Gasteiger partial charge is 0.467 e. The molecule has 24 heavy (non-hydrogen) atoms. The molecule has 0 radical (unpaired) electrons. The minimum Gasteiger partial charge on any atom is -0.467 e. The highest BCUT2D eigenvalue weighted by Gasteiger charge is 2.25. The average Bonchev–Trinajstić information content (AvgIpc) is 3.00. The van der Waals surface area contributed by atoms with Crippen LogP contribution in [0.1, 0.15) is 19.5 Å². The number of rotatable bonds is 6. The van der Waals surface area contributed by atoms with Crippen LogP contribution in [0.2, 0.25) is 0 Å². The summed E-state index contributed by atoms with van der Waals surface area (Å²) in [5.41, 5.74) is 1.68. The molecule has 0 bridgehead atoms. The number of thiazole rings is 1. The van der Waals surface area contributed by atoms with Crippen molar-refractivity contribution in [3.63, 3.8) is 0 Å². The predicted octanol–water partition coefficient (Wildman–Crippen LogP) is 3.43. The van der Waals surface area contributed by atoms with Gasteiger partial charge >= 0.3 is 5.97 Å². The number of benzene rings is 1. The van der Waals surface area contributed by atoms with E-state index in [2.05, 4.69) is 26.2 Å².